The van der Waals surface area contributed by atoms with Gasteiger partial charge in [0.2, 0.25) is 0 Å². The molecular weight excluding hydrogens is 296 g/mol. The number of ether oxygens (including phenoxy) is 1. The average Bonchev–Trinajstić information content (AvgIpc) is 2.88. The van der Waals surface area contributed by atoms with Crippen molar-refractivity contribution in [1.82, 2.24) is 5.32 Å². The maximum absolute atomic E-state index is 12.4. The molecular formula is C14H15ClN2O2S. The summed E-state index contributed by atoms with van der Waals surface area (Å²) in [6.07, 6.45) is 0.664. The van der Waals surface area contributed by atoms with E-state index in [1.165, 1.54) is 0 Å². The zero-order valence-electron chi connectivity index (χ0n) is 11.1. The molecule has 0 bridgehead atoms. The van der Waals surface area contributed by atoms with Crippen LogP contribution in [0.2, 0.25) is 5.02 Å². The van der Waals surface area contributed by atoms with Gasteiger partial charge in [-0.2, -0.15) is 17.0 Å². The highest BCUT2D eigenvalue weighted by molar-refractivity contribution is 7.99. The molecule has 1 saturated heterocycles. The van der Waals surface area contributed by atoms with Crippen molar-refractivity contribution < 1.29 is 9.53 Å². The monoisotopic (exact) mass is 310 g/mol. The second kappa shape index (κ2) is 6.38. The van der Waals surface area contributed by atoms with Gasteiger partial charge in [-0.1, -0.05) is 11.6 Å². The van der Waals surface area contributed by atoms with E-state index in [2.05, 4.69) is 11.4 Å². The first-order valence-electron chi connectivity index (χ1n) is 6.34. The van der Waals surface area contributed by atoms with Gasteiger partial charge in [-0.3, -0.25) is 4.79 Å². The number of benzene rings is 1. The molecule has 106 valence electrons. The lowest BCUT2D eigenvalue weighted by atomic mass is 10.0. The summed E-state index contributed by atoms with van der Waals surface area (Å²) in [6, 6.07) is 7.10. The molecule has 1 N–H and O–H groups in total. The molecule has 1 fully saturated rings. The van der Waals surface area contributed by atoms with E-state index in [-0.39, 0.29) is 5.91 Å². The van der Waals surface area contributed by atoms with E-state index in [4.69, 9.17) is 16.3 Å². The molecule has 1 aromatic carbocycles. The zero-order valence-corrected chi connectivity index (χ0v) is 12.7. The Labute approximate surface area is 127 Å². The quantitative estimate of drug-likeness (QED) is 0.929. The first-order chi connectivity index (χ1) is 9.60. The predicted molar refractivity (Wildman–Crippen MR) is 80.4 cm³/mol. The number of nitrogens with one attached hydrogen (secondary N) is 1. The molecule has 0 aromatic heterocycles. The van der Waals surface area contributed by atoms with Crippen molar-refractivity contribution in [3.8, 4) is 11.8 Å². The molecule has 0 saturated carbocycles. The molecule has 0 unspecified atom stereocenters. The first kappa shape index (κ1) is 15.0. The Bertz CT molecular complexity index is 551. The maximum Gasteiger partial charge on any atom is 0.256 e. The molecule has 1 heterocycles. The van der Waals surface area contributed by atoms with Crippen molar-refractivity contribution in [3.05, 3.63) is 28.8 Å². The standard InChI is InChI=1S/C14H15ClN2O2S/c1-2-19-12-7-10(15)3-4-11(12)13(18)17-14(8-16)5-6-20-9-14/h3-4,7H,2,5-6,9H2,1H3,(H,17,18)/t14-/m1/s1. The largest absolute Gasteiger partial charge is 0.493 e. The summed E-state index contributed by atoms with van der Waals surface area (Å²) in [6.45, 7) is 2.28. The maximum atomic E-state index is 12.4. The molecule has 0 aliphatic carbocycles. The van der Waals surface area contributed by atoms with Gasteiger partial charge in [0, 0.05) is 10.8 Å². The second-order valence-corrected chi connectivity index (χ2v) is 6.07. The highest BCUT2D eigenvalue weighted by Gasteiger charge is 2.36. The van der Waals surface area contributed by atoms with Crippen LogP contribution in [0.5, 0.6) is 5.75 Å². The van der Waals surface area contributed by atoms with Gasteiger partial charge in [-0.25, -0.2) is 0 Å². The number of carbonyl (C=O) groups excluding carboxylic acids is 1. The molecule has 1 atom stereocenters. The summed E-state index contributed by atoms with van der Waals surface area (Å²) in [7, 11) is 0. The average molecular weight is 311 g/mol. The summed E-state index contributed by atoms with van der Waals surface area (Å²) in [5, 5.41) is 12.6. The highest BCUT2D eigenvalue weighted by atomic mass is 35.5. The minimum Gasteiger partial charge on any atom is -0.493 e. The fourth-order valence-corrected chi connectivity index (χ4v) is 3.45. The molecule has 1 aliphatic rings. The smallest absolute Gasteiger partial charge is 0.256 e. The molecule has 0 spiro atoms. The molecule has 1 aliphatic heterocycles. The third-order valence-corrected chi connectivity index (χ3v) is 4.50. The highest BCUT2D eigenvalue weighted by Crippen LogP contribution is 2.29. The topological polar surface area (TPSA) is 62.1 Å². The summed E-state index contributed by atoms with van der Waals surface area (Å²) in [4.78, 5) is 12.4. The fourth-order valence-electron chi connectivity index (χ4n) is 2.02. The number of nitriles is 1. The van der Waals surface area contributed by atoms with Crippen molar-refractivity contribution in [2.24, 2.45) is 0 Å². The Hall–Kier alpha value is -1.38. The number of carbonyl (C=O) groups is 1. The van der Waals surface area contributed by atoms with E-state index < -0.39 is 5.54 Å². The number of nitrogens with zero attached hydrogens (tertiary/aromatic N) is 1. The van der Waals surface area contributed by atoms with Crippen molar-refractivity contribution in [1.29, 1.82) is 5.26 Å². The van der Waals surface area contributed by atoms with E-state index in [0.29, 0.717) is 35.1 Å². The third-order valence-electron chi connectivity index (χ3n) is 3.08. The molecule has 20 heavy (non-hydrogen) atoms. The van der Waals surface area contributed by atoms with Crippen LogP contribution in [0.25, 0.3) is 0 Å². The molecule has 1 amide bonds. The van der Waals surface area contributed by atoms with E-state index in [1.54, 1.807) is 30.0 Å². The Kier molecular flexibility index (Phi) is 4.79. The number of amides is 1. The van der Waals surface area contributed by atoms with Crippen molar-refractivity contribution in [2.45, 2.75) is 18.9 Å². The Morgan fingerprint density at radius 1 is 1.65 bits per heavy atom. The summed E-state index contributed by atoms with van der Waals surface area (Å²) < 4.78 is 5.44. The Balaban J connectivity index is 2.23. The summed E-state index contributed by atoms with van der Waals surface area (Å²) in [5.74, 6) is 1.64. The van der Waals surface area contributed by atoms with Gasteiger partial charge in [0.25, 0.3) is 5.91 Å². The van der Waals surface area contributed by atoms with Crippen LogP contribution < -0.4 is 10.1 Å². The van der Waals surface area contributed by atoms with Crippen molar-refractivity contribution >= 4 is 29.3 Å². The van der Waals surface area contributed by atoms with Gasteiger partial charge < -0.3 is 10.1 Å². The van der Waals surface area contributed by atoms with Gasteiger partial charge in [-0.05, 0) is 37.3 Å². The SMILES string of the molecule is CCOc1cc(Cl)ccc1C(=O)N[C@@]1(C#N)CCSC1. The van der Waals surface area contributed by atoms with Gasteiger partial charge >= 0.3 is 0 Å². The molecule has 2 rings (SSSR count). The van der Waals surface area contributed by atoms with Crippen molar-refractivity contribution in [3.63, 3.8) is 0 Å². The number of halogens is 1. The Morgan fingerprint density at radius 2 is 2.45 bits per heavy atom. The van der Waals surface area contributed by atoms with E-state index in [9.17, 15) is 10.1 Å². The molecule has 6 heteroatoms. The van der Waals surface area contributed by atoms with Crippen LogP contribution in [0.3, 0.4) is 0 Å². The number of thioether (sulfide) groups is 1. The lowest BCUT2D eigenvalue weighted by Crippen LogP contribution is -2.47. The van der Waals surface area contributed by atoms with E-state index in [0.717, 1.165) is 5.75 Å². The van der Waals surface area contributed by atoms with Crippen LogP contribution in [0, 0.1) is 11.3 Å². The molecule has 0 radical (unpaired) electrons. The van der Waals surface area contributed by atoms with Gasteiger partial charge in [-0.15, -0.1) is 0 Å². The van der Waals surface area contributed by atoms with Crippen LogP contribution in [0.15, 0.2) is 18.2 Å². The summed E-state index contributed by atoms with van der Waals surface area (Å²) >= 11 is 7.58. The van der Waals surface area contributed by atoms with E-state index in [1.807, 2.05) is 6.92 Å². The molecule has 4 nitrogen and oxygen atoms in total. The van der Waals surface area contributed by atoms with Gasteiger partial charge in [0.05, 0.1) is 18.2 Å². The third kappa shape index (κ3) is 3.20. The van der Waals surface area contributed by atoms with Crippen LogP contribution in [0.4, 0.5) is 0 Å². The zero-order chi connectivity index (χ0) is 14.6. The van der Waals surface area contributed by atoms with E-state index >= 15 is 0 Å². The first-order valence-corrected chi connectivity index (χ1v) is 7.87. The number of hydrogen-bond donors (Lipinski definition) is 1. The lowest BCUT2D eigenvalue weighted by molar-refractivity contribution is 0.0922. The normalized spacial score (nSPS) is 21.2. The summed E-state index contributed by atoms with van der Waals surface area (Å²) in [5.41, 5.74) is -0.368. The Morgan fingerprint density at radius 3 is 3.05 bits per heavy atom. The number of hydrogen-bond acceptors (Lipinski definition) is 4. The predicted octanol–water partition coefficient (Wildman–Crippen LogP) is 2.87. The van der Waals surface area contributed by atoms with Crippen molar-refractivity contribution in [2.75, 3.05) is 18.1 Å². The van der Waals surface area contributed by atoms with Crippen LogP contribution >= 0.6 is 23.4 Å². The van der Waals surface area contributed by atoms with Gasteiger partial charge in [0.1, 0.15) is 11.3 Å². The molecule has 1 aromatic rings. The minimum absolute atomic E-state index is 0.297. The second-order valence-electron chi connectivity index (χ2n) is 4.52. The van der Waals surface area contributed by atoms with Crippen LogP contribution in [-0.2, 0) is 0 Å². The fraction of sp³-hybridized carbons (Fsp3) is 0.429. The van der Waals surface area contributed by atoms with Crippen LogP contribution in [0.1, 0.15) is 23.7 Å². The lowest BCUT2D eigenvalue weighted by Gasteiger charge is -2.22. The van der Waals surface area contributed by atoms with Crippen LogP contribution in [-0.4, -0.2) is 29.6 Å². The van der Waals surface area contributed by atoms with Gasteiger partial charge in [0.15, 0.2) is 0 Å². The number of rotatable bonds is 4. The minimum atomic E-state index is -0.773.